The van der Waals surface area contributed by atoms with Crippen LogP contribution in [-0.2, 0) is 14.1 Å². The van der Waals surface area contributed by atoms with Crippen LogP contribution in [0.25, 0.3) is 0 Å². The molecule has 0 saturated heterocycles. The molecule has 1 atom stereocenters. The molecule has 0 fully saturated rings. The summed E-state index contributed by atoms with van der Waals surface area (Å²) in [7, 11) is -4.11. The fourth-order valence-electron chi connectivity index (χ4n) is 1.17. The molecular formula is C10H20NO5P. The van der Waals surface area contributed by atoms with Crippen molar-refractivity contribution in [2.24, 2.45) is 5.73 Å². The maximum absolute atomic E-state index is 11.3. The first-order valence-electron chi connectivity index (χ1n) is 5.40. The number of unbranched alkanes of at least 4 members (excludes halogenated alkanes) is 1. The van der Waals surface area contributed by atoms with E-state index in [-0.39, 0.29) is 0 Å². The molecule has 0 rings (SSSR count). The highest BCUT2D eigenvalue weighted by Gasteiger charge is 2.17. The molecule has 6 nitrogen and oxygen atoms in total. The van der Waals surface area contributed by atoms with E-state index < -0.39 is 25.8 Å². The molecule has 0 saturated carbocycles. The Hall–Kier alpha value is -0.680. The maximum Gasteiger partial charge on any atom is 0.329 e. The molecule has 0 aromatic rings. The highest BCUT2D eigenvalue weighted by Crippen LogP contribution is 2.36. The highest BCUT2D eigenvalue weighted by molar-refractivity contribution is 7.52. The molecule has 0 bridgehead atoms. The Morgan fingerprint density at radius 1 is 1.53 bits per heavy atom. The second-order valence-electron chi connectivity index (χ2n) is 3.88. The van der Waals surface area contributed by atoms with Gasteiger partial charge in [-0.3, -0.25) is 9.36 Å². The molecule has 0 aliphatic rings. The Morgan fingerprint density at radius 2 is 2.12 bits per heavy atom. The van der Waals surface area contributed by atoms with E-state index in [2.05, 4.69) is 0 Å². The highest BCUT2D eigenvalue weighted by atomic mass is 31.2. The number of carbonyl (C=O) groups excluding carboxylic acids is 1. The SMILES string of the molecule is CCCCOC(=O)C(N)C=C(C)CP(=O)(O)O. The van der Waals surface area contributed by atoms with Crippen LogP contribution in [0.1, 0.15) is 26.7 Å². The normalized spacial score (nSPS) is 14.5. The summed E-state index contributed by atoms with van der Waals surface area (Å²) in [5.41, 5.74) is 5.89. The summed E-state index contributed by atoms with van der Waals surface area (Å²) in [6.07, 6.45) is 2.59. The van der Waals surface area contributed by atoms with Gasteiger partial charge in [0.05, 0.1) is 12.8 Å². The van der Waals surface area contributed by atoms with Gasteiger partial charge in [0.1, 0.15) is 6.04 Å². The summed E-state index contributed by atoms with van der Waals surface area (Å²) in [6.45, 7) is 3.80. The lowest BCUT2D eigenvalue weighted by molar-refractivity contribution is -0.144. The van der Waals surface area contributed by atoms with Crippen molar-refractivity contribution in [1.82, 2.24) is 0 Å². The third kappa shape index (κ3) is 9.06. The van der Waals surface area contributed by atoms with Crippen molar-refractivity contribution in [3.05, 3.63) is 11.6 Å². The summed E-state index contributed by atoms with van der Waals surface area (Å²) in [5.74, 6) is -0.580. The summed E-state index contributed by atoms with van der Waals surface area (Å²) < 4.78 is 15.6. The van der Waals surface area contributed by atoms with Crippen LogP contribution >= 0.6 is 7.60 Å². The smallest absolute Gasteiger partial charge is 0.329 e. The third-order valence-corrected chi connectivity index (χ3v) is 2.84. The number of rotatable bonds is 7. The van der Waals surface area contributed by atoms with Crippen LogP contribution in [0.5, 0.6) is 0 Å². The molecule has 0 aromatic heterocycles. The molecule has 7 heteroatoms. The second kappa shape index (κ2) is 7.61. The van der Waals surface area contributed by atoms with E-state index >= 15 is 0 Å². The zero-order valence-electron chi connectivity index (χ0n) is 10.1. The molecular weight excluding hydrogens is 245 g/mol. The molecule has 17 heavy (non-hydrogen) atoms. The second-order valence-corrected chi connectivity index (χ2v) is 5.53. The molecule has 0 radical (unpaired) electrons. The lowest BCUT2D eigenvalue weighted by Gasteiger charge is -2.09. The molecule has 4 N–H and O–H groups in total. The van der Waals surface area contributed by atoms with Crippen molar-refractivity contribution in [3.8, 4) is 0 Å². The minimum Gasteiger partial charge on any atom is -0.464 e. The van der Waals surface area contributed by atoms with Gasteiger partial charge in [-0.2, -0.15) is 0 Å². The summed E-state index contributed by atoms with van der Waals surface area (Å²) >= 11 is 0. The lowest BCUT2D eigenvalue weighted by atomic mass is 10.2. The number of ether oxygens (including phenoxy) is 1. The van der Waals surface area contributed by atoms with Crippen LogP contribution in [0, 0.1) is 0 Å². The van der Waals surface area contributed by atoms with Crippen LogP contribution in [-0.4, -0.2) is 34.6 Å². The van der Waals surface area contributed by atoms with E-state index in [1.54, 1.807) is 0 Å². The van der Waals surface area contributed by atoms with Crippen LogP contribution < -0.4 is 5.73 Å². The van der Waals surface area contributed by atoms with E-state index in [9.17, 15) is 9.36 Å². The van der Waals surface area contributed by atoms with Gasteiger partial charge >= 0.3 is 13.6 Å². The number of nitrogens with two attached hydrogens (primary N) is 1. The van der Waals surface area contributed by atoms with Crippen LogP contribution in [0.15, 0.2) is 11.6 Å². The monoisotopic (exact) mass is 265 g/mol. The lowest BCUT2D eigenvalue weighted by Crippen LogP contribution is -2.31. The summed E-state index contributed by atoms with van der Waals surface area (Å²) in [4.78, 5) is 28.8. The molecule has 0 aliphatic heterocycles. The van der Waals surface area contributed by atoms with Gasteiger partial charge in [0.15, 0.2) is 0 Å². The van der Waals surface area contributed by atoms with Gasteiger partial charge in [-0.05, 0) is 13.3 Å². The van der Waals surface area contributed by atoms with Crippen LogP contribution in [0.3, 0.4) is 0 Å². The van der Waals surface area contributed by atoms with Crippen molar-refractivity contribution >= 4 is 13.6 Å². The standard InChI is InChI=1S/C10H20NO5P/c1-3-4-5-16-10(12)9(11)6-8(2)7-17(13,14)15/h6,9H,3-5,7,11H2,1-2H3,(H2,13,14,15). The number of allylic oxidation sites excluding steroid dienone is 1. The maximum atomic E-state index is 11.3. The van der Waals surface area contributed by atoms with Crippen LogP contribution in [0.2, 0.25) is 0 Å². The first kappa shape index (κ1) is 16.3. The third-order valence-electron chi connectivity index (χ3n) is 1.93. The van der Waals surface area contributed by atoms with Crippen LogP contribution in [0.4, 0.5) is 0 Å². The van der Waals surface area contributed by atoms with Gasteiger partial charge in [0, 0.05) is 0 Å². The van der Waals surface area contributed by atoms with E-state index in [1.807, 2.05) is 6.92 Å². The number of hydrogen-bond acceptors (Lipinski definition) is 4. The zero-order valence-corrected chi connectivity index (χ0v) is 11.0. The fourth-order valence-corrected chi connectivity index (χ4v) is 1.92. The molecule has 0 aliphatic carbocycles. The topological polar surface area (TPSA) is 110 Å². The zero-order chi connectivity index (χ0) is 13.5. The van der Waals surface area contributed by atoms with E-state index in [0.29, 0.717) is 12.2 Å². The predicted molar refractivity (Wildman–Crippen MR) is 64.5 cm³/mol. The number of esters is 1. The van der Waals surface area contributed by atoms with Crippen molar-refractivity contribution < 1.29 is 23.9 Å². The predicted octanol–water partition coefficient (Wildman–Crippen LogP) is 0.781. The molecule has 100 valence electrons. The van der Waals surface area contributed by atoms with Crippen molar-refractivity contribution in [2.45, 2.75) is 32.7 Å². The van der Waals surface area contributed by atoms with Gasteiger partial charge in [-0.1, -0.05) is 25.0 Å². The number of carbonyl (C=O) groups is 1. The van der Waals surface area contributed by atoms with E-state index in [4.69, 9.17) is 20.3 Å². The molecule has 1 unspecified atom stereocenters. The van der Waals surface area contributed by atoms with Crippen molar-refractivity contribution in [3.63, 3.8) is 0 Å². The quantitative estimate of drug-likeness (QED) is 0.271. The summed E-state index contributed by atoms with van der Waals surface area (Å²) in [5, 5.41) is 0. The van der Waals surface area contributed by atoms with Gasteiger partial charge in [-0.25, -0.2) is 0 Å². The van der Waals surface area contributed by atoms with Gasteiger partial charge < -0.3 is 20.3 Å². The Labute approximate surface area is 101 Å². The van der Waals surface area contributed by atoms with E-state index in [0.717, 1.165) is 12.8 Å². The first-order valence-corrected chi connectivity index (χ1v) is 7.20. The van der Waals surface area contributed by atoms with E-state index in [1.165, 1.54) is 13.0 Å². The average Bonchev–Trinajstić information content (AvgIpc) is 2.14. The summed E-state index contributed by atoms with van der Waals surface area (Å²) in [6, 6.07) is -0.974. The Morgan fingerprint density at radius 3 is 2.59 bits per heavy atom. The minimum atomic E-state index is -4.11. The first-order chi connectivity index (χ1) is 7.76. The molecule has 0 amide bonds. The molecule has 0 aromatic carbocycles. The largest absolute Gasteiger partial charge is 0.464 e. The van der Waals surface area contributed by atoms with Crippen molar-refractivity contribution in [2.75, 3.05) is 12.8 Å². The molecule has 0 spiro atoms. The Kier molecular flexibility index (Phi) is 7.30. The Bertz CT molecular complexity index is 323. The fraction of sp³-hybridized carbons (Fsp3) is 0.700. The van der Waals surface area contributed by atoms with Gasteiger partial charge in [0.2, 0.25) is 0 Å². The van der Waals surface area contributed by atoms with Crippen molar-refractivity contribution in [1.29, 1.82) is 0 Å². The van der Waals surface area contributed by atoms with Gasteiger partial charge in [-0.15, -0.1) is 0 Å². The Balaban J connectivity index is 4.22. The minimum absolute atomic E-state index is 0.314. The van der Waals surface area contributed by atoms with Gasteiger partial charge in [0.25, 0.3) is 0 Å². The molecule has 0 heterocycles. The average molecular weight is 265 g/mol. The number of hydrogen-bond donors (Lipinski definition) is 3.